The molecule has 1 aliphatic heterocycles. The predicted molar refractivity (Wildman–Crippen MR) is 136 cm³/mol. The second kappa shape index (κ2) is 10.5. The number of nitrogens with zero attached hydrogens (tertiary/aromatic N) is 2. The van der Waals surface area contributed by atoms with E-state index in [0.29, 0.717) is 17.5 Å². The molecular weight excluding hydrogens is 423 g/mol. The summed E-state index contributed by atoms with van der Waals surface area (Å²) < 4.78 is 13.5. The molecule has 0 aromatic heterocycles. The molecule has 2 aliphatic rings. The number of halogens is 1. The maximum atomic E-state index is 13.6. The van der Waals surface area contributed by atoms with Crippen molar-refractivity contribution < 1.29 is 9.18 Å². The first-order valence-electron chi connectivity index (χ1n) is 12.6. The Balaban J connectivity index is 1.33. The summed E-state index contributed by atoms with van der Waals surface area (Å²) in [6, 6.07) is 27.5. The number of piperidine rings is 1. The number of carbonyl (C=O) groups is 1. The third-order valence-electron chi connectivity index (χ3n) is 7.63. The van der Waals surface area contributed by atoms with Gasteiger partial charge in [-0.05, 0) is 73.6 Å². The number of para-hydroxylation sites is 1. The number of hydrogen-bond donors (Lipinski definition) is 0. The lowest BCUT2D eigenvalue weighted by molar-refractivity contribution is 0.0895. The first-order chi connectivity index (χ1) is 16.7. The van der Waals surface area contributed by atoms with Crippen molar-refractivity contribution in [1.29, 1.82) is 0 Å². The van der Waals surface area contributed by atoms with Gasteiger partial charge in [-0.15, -0.1) is 0 Å². The van der Waals surface area contributed by atoms with E-state index in [0.717, 1.165) is 31.6 Å². The summed E-state index contributed by atoms with van der Waals surface area (Å²) in [6.07, 6.45) is 7.00. The Bertz CT molecular complexity index is 1060. The summed E-state index contributed by atoms with van der Waals surface area (Å²) in [4.78, 5) is 18.2. The first-order valence-corrected chi connectivity index (χ1v) is 12.6. The fraction of sp³-hybridized carbons (Fsp3) is 0.367. The van der Waals surface area contributed by atoms with Gasteiger partial charge < -0.3 is 4.90 Å². The van der Waals surface area contributed by atoms with Crippen LogP contribution >= 0.6 is 0 Å². The second-order valence-corrected chi connectivity index (χ2v) is 9.65. The third-order valence-corrected chi connectivity index (χ3v) is 7.63. The normalized spacial score (nSPS) is 21.8. The van der Waals surface area contributed by atoms with Gasteiger partial charge in [-0.1, -0.05) is 61.4 Å². The van der Waals surface area contributed by atoms with Gasteiger partial charge in [0.25, 0.3) is 5.91 Å². The zero-order chi connectivity index (χ0) is 23.3. The molecule has 34 heavy (non-hydrogen) atoms. The molecule has 0 unspecified atom stereocenters. The molecule has 1 heterocycles. The van der Waals surface area contributed by atoms with Crippen molar-refractivity contribution in [3.05, 3.63) is 102 Å². The molecule has 3 aromatic rings. The van der Waals surface area contributed by atoms with E-state index >= 15 is 0 Å². The van der Waals surface area contributed by atoms with E-state index in [1.54, 1.807) is 12.1 Å². The van der Waals surface area contributed by atoms with Crippen molar-refractivity contribution in [2.45, 2.75) is 56.5 Å². The van der Waals surface area contributed by atoms with Crippen LogP contribution in [0.4, 0.5) is 10.1 Å². The standard InChI is InChI=1S/C30H33FN2O/c31-25-17-15-24(16-18-25)30(34)33(26-11-5-2-6-12-26)27-19-21-32(22-20-27)29-14-8-7-13-28(29)23-9-3-1-4-10-23/h1-6,9-12,15-18,27-29H,7-8,13-14,19-22H2/t28-,29-/m1/s1. The largest absolute Gasteiger partial charge is 0.305 e. The number of benzene rings is 3. The number of carbonyl (C=O) groups excluding carboxylic acids is 1. The van der Waals surface area contributed by atoms with Crippen molar-refractivity contribution in [2.75, 3.05) is 18.0 Å². The topological polar surface area (TPSA) is 23.6 Å². The van der Waals surface area contributed by atoms with E-state index in [-0.39, 0.29) is 17.8 Å². The average Bonchev–Trinajstić information content (AvgIpc) is 2.91. The molecule has 0 radical (unpaired) electrons. The monoisotopic (exact) mass is 456 g/mol. The fourth-order valence-electron chi connectivity index (χ4n) is 5.93. The van der Waals surface area contributed by atoms with Crippen molar-refractivity contribution in [1.82, 2.24) is 4.90 Å². The van der Waals surface area contributed by atoms with Crippen LogP contribution < -0.4 is 4.90 Å². The van der Waals surface area contributed by atoms with E-state index in [4.69, 9.17) is 0 Å². The lowest BCUT2D eigenvalue weighted by Gasteiger charge is -2.45. The molecule has 176 valence electrons. The molecule has 2 fully saturated rings. The predicted octanol–water partition coefficient (Wildman–Crippen LogP) is 6.66. The number of hydrogen-bond acceptors (Lipinski definition) is 2. The molecular formula is C30H33FN2O. The second-order valence-electron chi connectivity index (χ2n) is 9.65. The fourth-order valence-corrected chi connectivity index (χ4v) is 5.93. The third kappa shape index (κ3) is 4.92. The van der Waals surface area contributed by atoms with Crippen molar-refractivity contribution in [3.8, 4) is 0 Å². The summed E-state index contributed by atoms with van der Waals surface area (Å²) in [6.45, 7) is 2.00. The quantitative estimate of drug-likeness (QED) is 0.428. The molecule has 3 aromatic carbocycles. The minimum absolute atomic E-state index is 0.0514. The van der Waals surface area contributed by atoms with Crippen LogP contribution in [0.3, 0.4) is 0 Å². The van der Waals surface area contributed by atoms with E-state index in [1.807, 2.05) is 35.2 Å². The maximum absolute atomic E-state index is 13.6. The molecule has 0 bridgehead atoms. The average molecular weight is 457 g/mol. The molecule has 1 aliphatic carbocycles. The van der Waals surface area contributed by atoms with Crippen LogP contribution in [0.5, 0.6) is 0 Å². The molecule has 0 N–H and O–H groups in total. The molecule has 4 heteroatoms. The van der Waals surface area contributed by atoms with Gasteiger partial charge in [-0.3, -0.25) is 9.69 Å². The van der Waals surface area contributed by atoms with Crippen LogP contribution in [-0.2, 0) is 0 Å². The number of likely N-dealkylation sites (tertiary alicyclic amines) is 1. The molecule has 1 saturated carbocycles. The summed E-state index contributed by atoms with van der Waals surface area (Å²) in [5, 5.41) is 0. The van der Waals surface area contributed by atoms with Gasteiger partial charge >= 0.3 is 0 Å². The number of rotatable bonds is 5. The Morgan fingerprint density at radius 2 is 1.38 bits per heavy atom. The smallest absolute Gasteiger partial charge is 0.258 e. The van der Waals surface area contributed by atoms with Gasteiger partial charge in [0.05, 0.1) is 0 Å². The minimum Gasteiger partial charge on any atom is -0.305 e. The molecule has 2 atom stereocenters. The number of anilines is 1. The van der Waals surface area contributed by atoms with E-state index < -0.39 is 0 Å². The van der Waals surface area contributed by atoms with Crippen molar-refractivity contribution in [3.63, 3.8) is 0 Å². The summed E-state index contributed by atoms with van der Waals surface area (Å²) in [7, 11) is 0. The highest BCUT2D eigenvalue weighted by Crippen LogP contribution is 2.38. The van der Waals surface area contributed by atoms with Crippen LogP contribution in [0.25, 0.3) is 0 Å². The SMILES string of the molecule is O=C(c1ccc(F)cc1)N(c1ccccc1)C1CCN([C@@H]2CCCC[C@@H]2c2ccccc2)CC1. The summed E-state index contributed by atoms with van der Waals surface area (Å²) in [5.74, 6) is 0.221. The Kier molecular flexibility index (Phi) is 7.05. The van der Waals surface area contributed by atoms with Gasteiger partial charge in [0.15, 0.2) is 0 Å². The van der Waals surface area contributed by atoms with Crippen LogP contribution in [0, 0.1) is 5.82 Å². The molecule has 1 amide bonds. The first kappa shape index (κ1) is 22.8. The van der Waals surface area contributed by atoms with Crippen LogP contribution in [0.1, 0.15) is 60.4 Å². The van der Waals surface area contributed by atoms with Crippen LogP contribution in [0.15, 0.2) is 84.9 Å². The zero-order valence-electron chi connectivity index (χ0n) is 19.7. The highest BCUT2D eigenvalue weighted by Gasteiger charge is 2.36. The van der Waals surface area contributed by atoms with Gasteiger partial charge in [-0.2, -0.15) is 0 Å². The molecule has 1 saturated heterocycles. The lowest BCUT2D eigenvalue weighted by Crippen LogP contribution is -2.51. The number of amides is 1. The van der Waals surface area contributed by atoms with Crippen LogP contribution in [0.2, 0.25) is 0 Å². The summed E-state index contributed by atoms with van der Waals surface area (Å²) >= 11 is 0. The highest BCUT2D eigenvalue weighted by atomic mass is 19.1. The Morgan fingerprint density at radius 1 is 0.765 bits per heavy atom. The maximum Gasteiger partial charge on any atom is 0.258 e. The minimum atomic E-state index is -0.323. The van der Waals surface area contributed by atoms with Gasteiger partial charge in [0.2, 0.25) is 0 Å². The van der Waals surface area contributed by atoms with Gasteiger partial charge in [0, 0.05) is 36.4 Å². The molecule has 0 spiro atoms. The van der Waals surface area contributed by atoms with E-state index in [1.165, 1.54) is 43.4 Å². The van der Waals surface area contributed by atoms with Crippen LogP contribution in [-0.4, -0.2) is 36.0 Å². The Hall–Kier alpha value is -2.98. The molecule has 5 rings (SSSR count). The van der Waals surface area contributed by atoms with Crippen molar-refractivity contribution >= 4 is 11.6 Å². The van der Waals surface area contributed by atoms with Crippen molar-refractivity contribution in [2.24, 2.45) is 0 Å². The summed E-state index contributed by atoms with van der Waals surface area (Å²) in [5.41, 5.74) is 2.91. The van der Waals surface area contributed by atoms with Gasteiger partial charge in [0.1, 0.15) is 5.82 Å². The van der Waals surface area contributed by atoms with E-state index in [2.05, 4.69) is 35.2 Å². The zero-order valence-corrected chi connectivity index (χ0v) is 19.7. The van der Waals surface area contributed by atoms with Gasteiger partial charge in [-0.25, -0.2) is 4.39 Å². The van der Waals surface area contributed by atoms with E-state index in [9.17, 15) is 9.18 Å². The Morgan fingerprint density at radius 3 is 2.06 bits per heavy atom. The molecule has 3 nitrogen and oxygen atoms in total. The Labute approximate surface area is 202 Å². The lowest BCUT2D eigenvalue weighted by atomic mass is 9.78. The highest BCUT2D eigenvalue weighted by molar-refractivity contribution is 6.06.